The van der Waals surface area contributed by atoms with E-state index in [1.54, 1.807) is 0 Å². The van der Waals surface area contributed by atoms with E-state index in [0.717, 1.165) is 6.42 Å². The quantitative estimate of drug-likeness (QED) is 0.683. The highest BCUT2D eigenvalue weighted by molar-refractivity contribution is 7.99. The van der Waals surface area contributed by atoms with Crippen LogP contribution in [-0.2, 0) is 16.0 Å². The first-order chi connectivity index (χ1) is 7.77. The van der Waals surface area contributed by atoms with Crippen LogP contribution in [0.3, 0.4) is 0 Å². The van der Waals surface area contributed by atoms with E-state index in [0.29, 0.717) is 13.0 Å². The Morgan fingerprint density at radius 2 is 2.06 bits per heavy atom. The van der Waals surface area contributed by atoms with Crippen molar-refractivity contribution < 1.29 is 9.53 Å². The molecule has 0 aliphatic rings. The summed E-state index contributed by atoms with van der Waals surface area (Å²) in [5, 5.41) is 0. The molecule has 0 saturated heterocycles. The molecule has 0 spiro atoms. The van der Waals surface area contributed by atoms with Gasteiger partial charge in [-0.3, -0.25) is 4.79 Å². The molecule has 16 heavy (non-hydrogen) atoms. The summed E-state index contributed by atoms with van der Waals surface area (Å²) in [4.78, 5) is 11.8. The summed E-state index contributed by atoms with van der Waals surface area (Å²) in [6.07, 6.45) is 3.25. The Hall–Kier alpha value is -0.800. The Balaban J connectivity index is 2.40. The van der Waals surface area contributed by atoms with Gasteiger partial charge in [-0.1, -0.05) is 30.3 Å². The van der Waals surface area contributed by atoms with Crippen LogP contribution in [0.15, 0.2) is 30.3 Å². The van der Waals surface area contributed by atoms with Gasteiger partial charge >= 0.3 is 0 Å². The van der Waals surface area contributed by atoms with E-state index in [9.17, 15) is 4.79 Å². The van der Waals surface area contributed by atoms with E-state index in [-0.39, 0.29) is 11.2 Å². The maximum absolute atomic E-state index is 11.8. The molecule has 0 bridgehead atoms. The molecule has 1 aromatic rings. The highest BCUT2D eigenvalue weighted by atomic mass is 32.2. The molecule has 1 unspecified atom stereocenters. The zero-order chi connectivity index (χ0) is 11.8. The molecule has 0 fully saturated rings. The number of ketones is 1. The maximum atomic E-state index is 11.8. The van der Waals surface area contributed by atoms with Crippen molar-refractivity contribution >= 4 is 17.5 Å². The molecule has 0 amide bonds. The Bertz CT molecular complexity index is 311. The van der Waals surface area contributed by atoms with Crippen molar-refractivity contribution in [2.24, 2.45) is 0 Å². The van der Waals surface area contributed by atoms with Gasteiger partial charge in [-0.2, -0.15) is 0 Å². The van der Waals surface area contributed by atoms with Gasteiger partial charge in [0, 0.05) is 13.0 Å². The lowest BCUT2D eigenvalue weighted by atomic mass is 10.1. The fourth-order valence-corrected chi connectivity index (χ4v) is 2.13. The first-order valence-electron chi connectivity index (χ1n) is 5.49. The fourth-order valence-electron chi connectivity index (χ4n) is 1.47. The molecule has 0 radical (unpaired) electrons. The van der Waals surface area contributed by atoms with Crippen LogP contribution in [0.25, 0.3) is 0 Å². The first-order valence-corrected chi connectivity index (χ1v) is 6.77. The van der Waals surface area contributed by atoms with Crippen LogP contribution in [-0.4, -0.2) is 24.1 Å². The number of hydrogen-bond donors (Lipinski definition) is 0. The zero-order valence-electron chi connectivity index (χ0n) is 9.81. The Labute approximate surface area is 101 Å². The summed E-state index contributed by atoms with van der Waals surface area (Å²) >= 11 is 1.47. The average Bonchev–Trinajstić information content (AvgIpc) is 2.34. The highest BCUT2D eigenvalue weighted by Gasteiger charge is 2.16. The van der Waals surface area contributed by atoms with Gasteiger partial charge in [0.25, 0.3) is 0 Å². The van der Waals surface area contributed by atoms with Gasteiger partial charge in [-0.05, 0) is 25.2 Å². The van der Waals surface area contributed by atoms with E-state index in [1.807, 2.05) is 43.5 Å². The second kappa shape index (κ2) is 7.47. The molecule has 0 saturated carbocycles. The summed E-state index contributed by atoms with van der Waals surface area (Å²) in [6.45, 7) is 2.50. The second-order valence-corrected chi connectivity index (χ2v) is 4.37. The molecule has 0 aromatic heterocycles. The smallest absolute Gasteiger partial charge is 0.172 e. The zero-order valence-corrected chi connectivity index (χ0v) is 10.6. The van der Waals surface area contributed by atoms with Crippen LogP contribution in [0.5, 0.6) is 0 Å². The van der Waals surface area contributed by atoms with Crippen LogP contribution in [0.4, 0.5) is 0 Å². The topological polar surface area (TPSA) is 26.3 Å². The van der Waals surface area contributed by atoms with Gasteiger partial charge in [0.1, 0.15) is 0 Å². The van der Waals surface area contributed by atoms with Crippen LogP contribution in [0, 0.1) is 0 Å². The number of thioether (sulfide) groups is 1. The van der Waals surface area contributed by atoms with Gasteiger partial charge < -0.3 is 4.74 Å². The van der Waals surface area contributed by atoms with Crippen molar-refractivity contribution in [2.75, 3.05) is 12.9 Å². The lowest BCUT2D eigenvalue weighted by molar-refractivity contribution is -0.125. The van der Waals surface area contributed by atoms with Gasteiger partial charge in [0.05, 0.1) is 0 Å². The molecule has 3 heteroatoms. The summed E-state index contributed by atoms with van der Waals surface area (Å²) in [5.41, 5.74) is 0.904. The highest BCUT2D eigenvalue weighted by Crippen LogP contribution is 2.13. The largest absolute Gasteiger partial charge is 0.360 e. The number of aryl methyl sites for hydroxylation is 1. The average molecular weight is 238 g/mol. The van der Waals surface area contributed by atoms with Gasteiger partial charge in [0.15, 0.2) is 11.2 Å². The summed E-state index contributed by atoms with van der Waals surface area (Å²) in [5.74, 6) is 0.179. The number of Topliss-reactive ketones (excluding diaryl/α,β-unsaturated/α-hetero) is 1. The third-order valence-electron chi connectivity index (χ3n) is 2.30. The molecule has 1 aromatic carbocycles. The Morgan fingerprint density at radius 1 is 1.38 bits per heavy atom. The predicted octanol–water partition coefficient (Wildman–Crippen LogP) is 2.91. The van der Waals surface area contributed by atoms with Gasteiger partial charge in [-0.25, -0.2) is 0 Å². The first kappa shape index (κ1) is 13.3. The van der Waals surface area contributed by atoms with Crippen molar-refractivity contribution in [2.45, 2.75) is 25.2 Å². The summed E-state index contributed by atoms with van der Waals surface area (Å²) in [7, 11) is 0. The van der Waals surface area contributed by atoms with E-state index < -0.39 is 0 Å². The number of benzene rings is 1. The number of carbonyl (C=O) groups is 1. The lowest BCUT2D eigenvalue weighted by Gasteiger charge is -2.12. The van der Waals surface area contributed by atoms with Crippen molar-refractivity contribution in [3.05, 3.63) is 35.9 Å². The van der Waals surface area contributed by atoms with Gasteiger partial charge in [-0.15, -0.1) is 11.8 Å². The molecule has 0 N–H and O–H groups in total. The third-order valence-corrected chi connectivity index (χ3v) is 3.13. The van der Waals surface area contributed by atoms with Crippen molar-refractivity contribution in [3.8, 4) is 0 Å². The number of rotatable bonds is 7. The summed E-state index contributed by atoms with van der Waals surface area (Å²) < 4.78 is 5.35. The molecule has 1 atom stereocenters. The minimum absolute atomic E-state index is 0.179. The van der Waals surface area contributed by atoms with Crippen molar-refractivity contribution in [3.63, 3.8) is 0 Å². The molecule has 2 nitrogen and oxygen atoms in total. The normalized spacial score (nSPS) is 12.4. The third kappa shape index (κ3) is 4.37. The van der Waals surface area contributed by atoms with Crippen LogP contribution in [0.1, 0.15) is 18.9 Å². The minimum atomic E-state index is -0.297. The molecule has 1 rings (SSSR count). The van der Waals surface area contributed by atoms with E-state index in [2.05, 4.69) is 0 Å². The number of carbonyl (C=O) groups excluding carboxylic acids is 1. The number of hydrogen-bond acceptors (Lipinski definition) is 3. The van der Waals surface area contributed by atoms with Crippen LogP contribution >= 0.6 is 11.8 Å². The summed E-state index contributed by atoms with van der Waals surface area (Å²) in [6, 6.07) is 10.1. The van der Waals surface area contributed by atoms with Crippen LogP contribution < -0.4 is 0 Å². The van der Waals surface area contributed by atoms with Gasteiger partial charge in [0.2, 0.25) is 0 Å². The molecular formula is C13H18O2S. The van der Waals surface area contributed by atoms with Crippen LogP contribution in [0.2, 0.25) is 0 Å². The lowest BCUT2D eigenvalue weighted by Crippen LogP contribution is -2.20. The predicted molar refractivity (Wildman–Crippen MR) is 68.7 cm³/mol. The molecule has 0 aliphatic heterocycles. The molecule has 88 valence electrons. The standard InChI is InChI=1S/C13H18O2S/c1-3-15-13(16-2)12(14)10-9-11-7-5-4-6-8-11/h4-8,13H,3,9-10H2,1-2H3. The van der Waals surface area contributed by atoms with Crippen molar-refractivity contribution in [1.29, 1.82) is 0 Å². The SMILES string of the molecule is CCOC(SC)C(=O)CCc1ccccc1. The molecule has 0 aliphatic carbocycles. The second-order valence-electron chi connectivity index (χ2n) is 3.47. The number of ether oxygens (including phenoxy) is 1. The van der Waals surface area contributed by atoms with E-state index in [1.165, 1.54) is 17.3 Å². The molecule has 0 heterocycles. The monoisotopic (exact) mass is 238 g/mol. The minimum Gasteiger partial charge on any atom is -0.360 e. The molecular weight excluding hydrogens is 220 g/mol. The van der Waals surface area contributed by atoms with E-state index in [4.69, 9.17) is 4.74 Å². The van der Waals surface area contributed by atoms with E-state index >= 15 is 0 Å². The van der Waals surface area contributed by atoms with Crippen molar-refractivity contribution in [1.82, 2.24) is 0 Å². The maximum Gasteiger partial charge on any atom is 0.172 e. The Morgan fingerprint density at radius 3 is 2.62 bits per heavy atom. The fraction of sp³-hybridized carbons (Fsp3) is 0.462. The Kier molecular flexibility index (Phi) is 6.19.